The molecule has 0 radical (unpaired) electrons. The summed E-state index contributed by atoms with van der Waals surface area (Å²) in [6, 6.07) is 0. The second-order valence-electron chi connectivity index (χ2n) is 5.42. The van der Waals surface area contributed by atoms with Crippen LogP contribution >= 0.6 is 0 Å². The van der Waals surface area contributed by atoms with Crippen molar-refractivity contribution >= 4 is 11.7 Å². The van der Waals surface area contributed by atoms with Gasteiger partial charge < -0.3 is 15.8 Å². The van der Waals surface area contributed by atoms with Gasteiger partial charge in [-0.15, -0.1) is 0 Å². The lowest BCUT2D eigenvalue weighted by Crippen LogP contribution is -2.56. The molecule has 3 N–H and O–H groups in total. The molecule has 1 aromatic rings. The number of carbonyl (C=O) groups excluding carboxylic acids is 1. The van der Waals surface area contributed by atoms with Crippen LogP contribution in [0.5, 0.6) is 0 Å². The summed E-state index contributed by atoms with van der Waals surface area (Å²) in [4.78, 5) is 22.4. The predicted molar refractivity (Wildman–Crippen MR) is 79.9 cm³/mol. The molecule has 1 aliphatic heterocycles. The molecular weight excluding hydrogens is 270 g/mol. The van der Waals surface area contributed by atoms with Gasteiger partial charge in [-0.05, 0) is 13.3 Å². The third-order valence-electron chi connectivity index (χ3n) is 4.11. The SMILES string of the molecule is CC[C@@](C)(CNC(=O)c1nccnc1N)N1CCOCC1. The van der Waals surface area contributed by atoms with Gasteiger partial charge in [-0.1, -0.05) is 6.92 Å². The number of amides is 1. The number of morpholine rings is 1. The maximum Gasteiger partial charge on any atom is 0.273 e. The maximum absolute atomic E-state index is 12.2. The van der Waals surface area contributed by atoms with E-state index in [9.17, 15) is 4.79 Å². The van der Waals surface area contributed by atoms with Gasteiger partial charge in [-0.3, -0.25) is 9.69 Å². The molecule has 1 aromatic heterocycles. The molecule has 7 nitrogen and oxygen atoms in total. The molecule has 21 heavy (non-hydrogen) atoms. The molecule has 1 saturated heterocycles. The molecule has 1 fully saturated rings. The van der Waals surface area contributed by atoms with Gasteiger partial charge in [0.25, 0.3) is 5.91 Å². The van der Waals surface area contributed by atoms with Gasteiger partial charge in [0.15, 0.2) is 11.5 Å². The van der Waals surface area contributed by atoms with Crippen LogP contribution in [0.1, 0.15) is 30.8 Å². The molecule has 1 amide bonds. The molecule has 1 aliphatic rings. The molecule has 7 heteroatoms. The Hall–Kier alpha value is -1.73. The third kappa shape index (κ3) is 3.68. The number of nitrogens with zero attached hydrogens (tertiary/aromatic N) is 3. The topological polar surface area (TPSA) is 93.4 Å². The minimum atomic E-state index is -0.284. The number of anilines is 1. The van der Waals surface area contributed by atoms with E-state index in [0.717, 1.165) is 32.7 Å². The number of aromatic nitrogens is 2. The fraction of sp³-hybridized carbons (Fsp3) is 0.643. The molecule has 1 atom stereocenters. The van der Waals surface area contributed by atoms with E-state index < -0.39 is 0 Å². The van der Waals surface area contributed by atoms with Crippen molar-refractivity contribution in [1.29, 1.82) is 0 Å². The van der Waals surface area contributed by atoms with Crippen LogP contribution in [-0.2, 0) is 4.74 Å². The van der Waals surface area contributed by atoms with Crippen LogP contribution in [0.4, 0.5) is 5.82 Å². The van der Waals surface area contributed by atoms with Gasteiger partial charge in [0.1, 0.15) is 0 Å². The van der Waals surface area contributed by atoms with Crippen molar-refractivity contribution in [2.75, 3.05) is 38.6 Å². The first kappa shape index (κ1) is 15.7. The lowest BCUT2D eigenvalue weighted by molar-refractivity contribution is -0.0169. The van der Waals surface area contributed by atoms with Gasteiger partial charge in [0, 0.05) is 37.6 Å². The van der Waals surface area contributed by atoms with E-state index in [-0.39, 0.29) is 23.0 Å². The van der Waals surface area contributed by atoms with E-state index in [4.69, 9.17) is 10.5 Å². The summed E-state index contributed by atoms with van der Waals surface area (Å²) in [5.74, 6) is -0.131. The van der Waals surface area contributed by atoms with E-state index in [0.29, 0.717) is 6.54 Å². The third-order valence-corrected chi connectivity index (χ3v) is 4.11. The summed E-state index contributed by atoms with van der Waals surface area (Å²) in [5, 5.41) is 2.92. The van der Waals surface area contributed by atoms with Crippen LogP contribution in [0.3, 0.4) is 0 Å². The minimum Gasteiger partial charge on any atom is -0.382 e. The highest BCUT2D eigenvalue weighted by molar-refractivity contribution is 5.96. The molecule has 2 heterocycles. The number of nitrogens with two attached hydrogens (primary N) is 1. The number of nitrogens with one attached hydrogen (secondary N) is 1. The molecule has 0 saturated carbocycles. The van der Waals surface area contributed by atoms with Crippen LogP contribution in [-0.4, -0.2) is 59.2 Å². The Morgan fingerprint density at radius 3 is 2.71 bits per heavy atom. The minimum absolute atomic E-state index is 0.101. The number of hydrogen-bond acceptors (Lipinski definition) is 6. The monoisotopic (exact) mass is 293 g/mol. The summed E-state index contributed by atoms with van der Waals surface area (Å²) in [6.07, 6.45) is 3.87. The molecule has 0 aromatic carbocycles. The van der Waals surface area contributed by atoms with Gasteiger partial charge >= 0.3 is 0 Å². The second kappa shape index (κ2) is 6.82. The van der Waals surface area contributed by atoms with Crippen molar-refractivity contribution < 1.29 is 9.53 Å². The van der Waals surface area contributed by atoms with Crippen molar-refractivity contribution in [3.8, 4) is 0 Å². The number of rotatable bonds is 5. The van der Waals surface area contributed by atoms with Crippen LogP contribution < -0.4 is 11.1 Å². The standard InChI is InChI=1S/C14H23N5O2/c1-3-14(2,19-6-8-21-9-7-19)10-18-13(20)11-12(15)17-5-4-16-11/h4-5H,3,6-10H2,1-2H3,(H2,15,17)(H,18,20)/t14-/m0/s1. The summed E-state index contributed by atoms with van der Waals surface area (Å²) < 4.78 is 5.39. The van der Waals surface area contributed by atoms with Crippen LogP contribution in [0.2, 0.25) is 0 Å². The van der Waals surface area contributed by atoms with Crippen molar-refractivity contribution in [3.63, 3.8) is 0 Å². The lowest BCUT2D eigenvalue weighted by atomic mass is 9.95. The normalized spacial score (nSPS) is 19.0. The summed E-state index contributed by atoms with van der Waals surface area (Å²) in [6.45, 7) is 8.05. The Labute approximate surface area is 124 Å². The Balaban J connectivity index is 1.99. The zero-order valence-corrected chi connectivity index (χ0v) is 12.6. The highest BCUT2D eigenvalue weighted by atomic mass is 16.5. The smallest absolute Gasteiger partial charge is 0.273 e. The molecule has 0 bridgehead atoms. The zero-order chi connectivity index (χ0) is 15.3. The summed E-state index contributed by atoms with van der Waals surface area (Å²) in [5.41, 5.74) is 5.75. The largest absolute Gasteiger partial charge is 0.382 e. The first-order valence-corrected chi connectivity index (χ1v) is 7.24. The van der Waals surface area contributed by atoms with Crippen molar-refractivity contribution in [1.82, 2.24) is 20.2 Å². The zero-order valence-electron chi connectivity index (χ0n) is 12.6. The van der Waals surface area contributed by atoms with Gasteiger partial charge in [0.2, 0.25) is 0 Å². The fourth-order valence-electron chi connectivity index (χ4n) is 2.44. The van der Waals surface area contributed by atoms with E-state index in [1.807, 2.05) is 0 Å². The summed E-state index contributed by atoms with van der Waals surface area (Å²) >= 11 is 0. The highest BCUT2D eigenvalue weighted by Gasteiger charge is 2.32. The van der Waals surface area contributed by atoms with Crippen molar-refractivity contribution in [2.24, 2.45) is 0 Å². The van der Waals surface area contributed by atoms with Gasteiger partial charge in [0.05, 0.1) is 13.2 Å². The Morgan fingerprint density at radius 2 is 2.10 bits per heavy atom. The molecule has 0 spiro atoms. The molecular formula is C14H23N5O2. The fourth-order valence-corrected chi connectivity index (χ4v) is 2.44. The van der Waals surface area contributed by atoms with E-state index >= 15 is 0 Å². The molecule has 0 unspecified atom stereocenters. The average molecular weight is 293 g/mol. The Bertz CT molecular complexity index is 490. The van der Waals surface area contributed by atoms with Crippen LogP contribution in [0.15, 0.2) is 12.4 Å². The van der Waals surface area contributed by atoms with E-state index in [2.05, 4.69) is 34.0 Å². The molecule has 2 rings (SSSR count). The Kier molecular flexibility index (Phi) is 5.08. The van der Waals surface area contributed by atoms with E-state index in [1.54, 1.807) is 0 Å². The number of ether oxygens (including phenoxy) is 1. The van der Waals surface area contributed by atoms with Gasteiger partial charge in [-0.2, -0.15) is 0 Å². The quantitative estimate of drug-likeness (QED) is 0.810. The van der Waals surface area contributed by atoms with E-state index in [1.165, 1.54) is 12.4 Å². The predicted octanol–water partition coefficient (Wildman–Crippen LogP) is 0.290. The van der Waals surface area contributed by atoms with Crippen LogP contribution in [0.25, 0.3) is 0 Å². The maximum atomic E-state index is 12.2. The first-order chi connectivity index (χ1) is 10.1. The average Bonchev–Trinajstić information content (AvgIpc) is 2.53. The second-order valence-corrected chi connectivity index (χ2v) is 5.42. The number of hydrogen-bond donors (Lipinski definition) is 2. The van der Waals surface area contributed by atoms with Crippen molar-refractivity contribution in [3.05, 3.63) is 18.1 Å². The Morgan fingerprint density at radius 1 is 1.43 bits per heavy atom. The van der Waals surface area contributed by atoms with Gasteiger partial charge in [-0.25, -0.2) is 9.97 Å². The number of carbonyl (C=O) groups is 1. The summed E-state index contributed by atoms with van der Waals surface area (Å²) in [7, 11) is 0. The van der Waals surface area contributed by atoms with Crippen molar-refractivity contribution in [2.45, 2.75) is 25.8 Å². The molecule has 116 valence electrons. The first-order valence-electron chi connectivity index (χ1n) is 7.24. The number of nitrogen functional groups attached to an aromatic ring is 1. The van der Waals surface area contributed by atoms with Crippen LogP contribution in [0, 0.1) is 0 Å². The highest BCUT2D eigenvalue weighted by Crippen LogP contribution is 2.20. The lowest BCUT2D eigenvalue weighted by Gasteiger charge is -2.43. The molecule has 0 aliphatic carbocycles.